The van der Waals surface area contributed by atoms with Gasteiger partial charge in [-0.3, -0.25) is 9.59 Å². The SMILES string of the molecule is CCCN(C)C(=O)c1cc(C(=O)O)cc(C(=O)c2ccco2)c1. The van der Waals surface area contributed by atoms with Crippen LogP contribution in [0.5, 0.6) is 0 Å². The maximum Gasteiger partial charge on any atom is 0.335 e. The van der Waals surface area contributed by atoms with Gasteiger partial charge in [0.05, 0.1) is 11.8 Å². The minimum Gasteiger partial charge on any atom is -0.478 e. The van der Waals surface area contributed by atoms with Crippen LogP contribution in [0.25, 0.3) is 0 Å². The average Bonchev–Trinajstić information content (AvgIpc) is 3.07. The molecule has 6 heteroatoms. The van der Waals surface area contributed by atoms with Crippen molar-refractivity contribution in [2.45, 2.75) is 13.3 Å². The molecule has 1 aromatic carbocycles. The molecule has 2 aromatic rings. The molecule has 1 amide bonds. The molecule has 0 aliphatic heterocycles. The molecule has 120 valence electrons. The number of carboxylic acid groups (broad SMARTS) is 1. The number of hydrogen-bond acceptors (Lipinski definition) is 4. The number of ketones is 1. The number of hydrogen-bond donors (Lipinski definition) is 1. The fourth-order valence-electron chi connectivity index (χ4n) is 2.21. The van der Waals surface area contributed by atoms with E-state index >= 15 is 0 Å². The van der Waals surface area contributed by atoms with Crippen LogP contribution in [0.4, 0.5) is 0 Å². The second-order valence-electron chi connectivity index (χ2n) is 5.14. The van der Waals surface area contributed by atoms with Gasteiger partial charge in [-0.1, -0.05) is 6.92 Å². The van der Waals surface area contributed by atoms with Gasteiger partial charge in [0.25, 0.3) is 5.91 Å². The van der Waals surface area contributed by atoms with E-state index in [0.29, 0.717) is 6.54 Å². The second kappa shape index (κ2) is 6.91. The summed E-state index contributed by atoms with van der Waals surface area (Å²) in [4.78, 5) is 37.5. The normalized spacial score (nSPS) is 10.3. The fourth-order valence-corrected chi connectivity index (χ4v) is 2.21. The number of aromatic carboxylic acids is 1. The molecule has 0 saturated heterocycles. The predicted octanol–water partition coefficient (Wildman–Crippen LogP) is 2.69. The van der Waals surface area contributed by atoms with Crippen LogP contribution in [0.15, 0.2) is 41.0 Å². The molecular formula is C17H17NO5. The molecule has 23 heavy (non-hydrogen) atoms. The highest BCUT2D eigenvalue weighted by Crippen LogP contribution is 2.17. The highest BCUT2D eigenvalue weighted by molar-refractivity contribution is 6.10. The van der Waals surface area contributed by atoms with E-state index in [4.69, 9.17) is 4.42 Å². The molecule has 0 radical (unpaired) electrons. The molecule has 0 fully saturated rings. The molecule has 0 saturated carbocycles. The quantitative estimate of drug-likeness (QED) is 0.828. The Morgan fingerprint density at radius 2 is 1.78 bits per heavy atom. The van der Waals surface area contributed by atoms with Gasteiger partial charge in [0, 0.05) is 24.7 Å². The molecular weight excluding hydrogens is 298 g/mol. The van der Waals surface area contributed by atoms with Crippen molar-refractivity contribution in [2.75, 3.05) is 13.6 Å². The first-order chi connectivity index (χ1) is 10.9. The summed E-state index contributed by atoms with van der Waals surface area (Å²) in [5, 5.41) is 9.21. The van der Waals surface area contributed by atoms with Crippen molar-refractivity contribution in [3.63, 3.8) is 0 Å². The first-order valence-electron chi connectivity index (χ1n) is 7.16. The molecule has 0 spiro atoms. The van der Waals surface area contributed by atoms with Crippen LogP contribution in [0.1, 0.15) is 50.2 Å². The fraction of sp³-hybridized carbons (Fsp3) is 0.235. The van der Waals surface area contributed by atoms with Crippen molar-refractivity contribution in [3.8, 4) is 0 Å². The van der Waals surface area contributed by atoms with Gasteiger partial charge in [0.15, 0.2) is 5.76 Å². The van der Waals surface area contributed by atoms with Crippen molar-refractivity contribution >= 4 is 17.7 Å². The van der Waals surface area contributed by atoms with Gasteiger partial charge in [0.1, 0.15) is 0 Å². The van der Waals surface area contributed by atoms with E-state index in [-0.39, 0.29) is 28.4 Å². The minimum atomic E-state index is -1.20. The first-order valence-corrected chi connectivity index (χ1v) is 7.16. The van der Waals surface area contributed by atoms with Gasteiger partial charge in [-0.15, -0.1) is 0 Å². The third kappa shape index (κ3) is 3.66. The zero-order valence-electron chi connectivity index (χ0n) is 12.9. The van der Waals surface area contributed by atoms with Gasteiger partial charge < -0.3 is 14.4 Å². The number of nitrogens with zero attached hydrogens (tertiary/aromatic N) is 1. The first kappa shape index (κ1) is 16.5. The summed E-state index contributed by atoms with van der Waals surface area (Å²) in [6, 6.07) is 6.96. The molecule has 0 unspecified atom stereocenters. The highest BCUT2D eigenvalue weighted by atomic mass is 16.4. The van der Waals surface area contributed by atoms with Crippen LogP contribution in [0.2, 0.25) is 0 Å². The molecule has 0 aliphatic carbocycles. The topological polar surface area (TPSA) is 87.8 Å². The Morgan fingerprint density at radius 3 is 2.35 bits per heavy atom. The van der Waals surface area contributed by atoms with Crippen LogP contribution in [-0.4, -0.2) is 41.3 Å². The van der Waals surface area contributed by atoms with Crippen molar-refractivity contribution in [1.82, 2.24) is 4.90 Å². The molecule has 0 atom stereocenters. The van der Waals surface area contributed by atoms with Crippen LogP contribution in [0.3, 0.4) is 0 Å². The zero-order chi connectivity index (χ0) is 17.0. The smallest absolute Gasteiger partial charge is 0.335 e. The van der Waals surface area contributed by atoms with Crippen LogP contribution < -0.4 is 0 Å². The van der Waals surface area contributed by atoms with E-state index in [1.54, 1.807) is 13.1 Å². The number of furan rings is 1. The average molecular weight is 315 g/mol. The van der Waals surface area contributed by atoms with E-state index in [1.807, 2.05) is 6.92 Å². The number of benzene rings is 1. The number of amides is 1. The Kier molecular flexibility index (Phi) is 4.95. The van der Waals surface area contributed by atoms with Crippen molar-refractivity contribution in [2.24, 2.45) is 0 Å². The van der Waals surface area contributed by atoms with Gasteiger partial charge in [-0.2, -0.15) is 0 Å². The molecule has 1 heterocycles. The number of carbonyl (C=O) groups excluding carboxylic acids is 2. The van der Waals surface area contributed by atoms with E-state index < -0.39 is 11.8 Å². The Labute approximate surface area is 133 Å². The minimum absolute atomic E-state index is 0.0906. The predicted molar refractivity (Wildman–Crippen MR) is 82.8 cm³/mol. The van der Waals surface area contributed by atoms with E-state index in [1.165, 1.54) is 35.4 Å². The Morgan fingerprint density at radius 1 is 1.13 bits per heavy atom. The van der Waals surface area contributed by atoms with Crippen LogP contribution in [-0.2, 0) is 0 Å². The van der Waals surface area contributed by atoms with E-state index in [0.717, 1.165) is 6.42 Å². The van der Waals surface area contributed by atoms with Gasteiger partial charge in [0.2, 0.25) is 5.78 Å². The van der Waals surface area contributed by atoms with Gasteiger partial charge in [-0.25, -0.2) is 4.79 Å². The summed E-state index contributed by atoms with van der Waals surface area (Å²) in [5.74, 6) is -1.91. The number of carbonyl (C=O) groups is 3. The van der Waals surface area contributed by atoms with Gasteiger partial charge >= 0.3 is 5.97 Å². The summed E-state index contributed by atoms with van der Waals surface area (Å²) in [7, 11) is 1.63. The maximum atomic E-state index is 12.4. The third-order valence-corrected chi connectivity index (χ3v) is 3.34. The molecule has 0 bridgehead atoms. The Hall–Kier alpha value is -2.89. The van der Waals surface area contributed by atoms with Crippen molar-refractivity contribution in [1.29, 1.82) is 0 Å². The summed E-state index contributed by atoms with van der Waals surface area (Å²) in [6.07, 6.45) is 2.13. The standard InChI is InChI=1S/C17H17NO5/c1-3-6-18(2)16(20)12-8-11(9-13(10-12)17(21)22)15(19)14-5-4-7-23-14/h4-5,7-10H,3,6H2,1-2H3,(H,21,22). The molecule has 6 nitrogen and oxygen atoms in total. The van der Waals surface area contributed by atoms with Crippen molar-refractivity contribution in [3.05, 3.63) is 59.0 Å². The number of carboxylic acids is 1. The summed E-state index contributed by atoms with van der Waals surface area (Å²) < 4.78 is 5.04. The van der Waals surface area contributed by atoms with Crippen LogP contribution >= 0.6 is 0 Å². The second-order valence-corrected chi connectivity index (χ2v) is 5.14. The van der Waals surface area contributed by atoms with E-state index in [2.05, 4.69) is 0 Å². The maximum absolute atomic E-state index is 12.4. The summed E-state index contributed by atoms with van der Waals surface area (Å²) >= 11 is 0. The lowest BCUT2D eigenvalue weighted by Gasteiger charge is -2.16. The lowest BCUT2D eigenvalue weighted by Crippen LogP contribution is -2.27. The lowest BCUT2D eigenvalue weighted by atomic mass is 10.0. The van der Waals surface area contributed by atoms with E-state index in [9.17, 15) is 19.5 Å². The number of rotatable bonds is 6. The summed E-state index contributed by atoms with van der Waals surface area (Å²) in [5.41, 5.74) is 0.152. The van der Waals surface area contributed by atoms with Gasteiger partial charge in [-0.05, 0) is 36.8 Å². The van der Waals surface area contributed by atoms with Crippen LogP contribution in [0, 0.1) is 0 Å². The monoisotopic (exact) mass is 315 g/mol. The van der Waals surface area contributed by atoms with Crippen molar-refractivity contribution < 1.29 is 23.9 Å². The highest BCUT2D eigenvalue weighted by Gasteiger charge is 2.19. The molecule has 0 aliphatic rings. The zero-order valence-corrected chi connectivity index (χ0v) is 12.9. The molecule has 2 rings (SSSR count). The molecule has 1 aromatic heterocycles. The molecule has 1 N–H and O–H groups in total. The lowest BCUT2D eigenvalue weighted by molar-refractivity contribution is 0.0697. The third-order valence-electron chi connectivity index (χ3n) is 3.34. The Bertz CT molecular complexity index is 733. The Balaban J connectivity index is 2.46. The summed E-state index contributed by atoms with van der Waals surface area (Å²) in [6.45, 7) is 2.47. The largest absolute Gasteiger partial charge is 0.478 e.